The van der Waals surface area contributed by atoms with Gasteiger partial charge in [-0.2, -0.15) is 0 Å². The van der Waals surface area contributed by atoms with E-state index in [4.69, 9.17) is 11.6 Å². The van der Waals surface area contributed by atoms with Crippen molar-refractivity contribution in [2.45, 2.75) is 18.8 Å². The molecule has 2 aromatic rings. The van der Waals surface area contributed by atoms with Crippen LogP contribution in [0.2, 0.25) is 5.02 Å². The van der Waals surface area contributed by atoms with Gasteiger partial charge in [-0.15, -0.1) is 0 Å². The molecule has 4 rings (SSSR count). The molecule has 1 unspecified atom stereocenters. The number of rotatable bonds is 1. The molecule has 1 nitrogen and oxygen atoms in total. The number of benzene rings is 2. The second-order valence-electron chi connectivity index (χ2n) is 6.30. The van der Waals surface area contributed by atoms with E-state index in [1.54, 1.807) is 0 Å². The standard InChI is InChI=1S/C20H20ClN/c21-17-7-8-19-16(13-17)6-5-14-3-1-2-4-18(14)20(19)15-9-11-22-12-10-15/h1-8,13,15,20,22H,9-12H2. The number of hydrogen-bond acceptors (Lipinski definition) is 1. The average molecular weight is 310 g/mol. The van der Waals surface area contributed by atoms with Crippen LogP contribution < -0.4 is 5.32 Å². The van der Waals surface area contributed by atoms with Crippen molar-refractivity contribution < 1.29 is 0 Å². The number of halogens is 1. The van der Waals surface area contributed by atoms with Crippen LogP contribution in [0.3, 0.4) is 0 Å². The maximum atomic E-state index is 6.23. The topological polar surface area (TPSA) is 12.0 Å². The SMILES string of the molecule is Clc1ccc2c(c1)C=Cc1ccccc1C2C1CCNCC1. The minimum atomic E-state index is 0.473. The summed E-state index contributed by atoms with van der Waals surface area (Å²) in [6.45, 7) is 2.25. The molecule has 1 N–H and O–H groups in total. The van der Waals surface area contributed by atoms with E-state index in [0.717, 1.165) is 18.1 Å². The van der Waals surface area contributed by atoms with Crippen LogP contribution in [0.5, 0.6) is 0 Å². The van der Waals surface area contributed by atoms with Crippen molar-refractivity contribution in [2.24, 2.45) is 5.92 Å². The van der Waals surface area contributed by atoms with Gasteiger partial charge < -0.3 is 5.32 Å². The Bertz CT molecular complexity index is 713. The van der Waals surface area contributed by atoms with E-state index in [2.05, 4.69) is 53.9 Å². The molecule has 0 amide bonds. The zero-order chi connectivity index (χ0) is 14.9. The van der Waals surface area contributed by atoms with Gasteiger partial charge in [-0.3, -0.25) is 0 Å². The predicted octanol–water partition coefficient (Wildman–Crippen LogP) is 4.96. The van der Waals surface area contributed by atoms with E-state index < -0.39 is 0 Å². The van der Waals surface area contributed by atoms with Crippen LogP contribution in [0.25, 0.3) is 12.2 Å². The molecular formula is C20H20ClN. The van der Waals surface area contributed by atoms with Crippen molar-refractivity contribution in [3.63, 3.8) is 0 Å². The van der Waals surface area contributed by atoms with Gasteiger partial charge in [0, 0.05) is 10.9 Å². The van der Waals surface area contributed by atoms with Gasteiger partial charge in [-0.25, -0.2) is 0 Å². The fourth-order valence-corrected chi connectivity index (χ4v) is 4.13. The second-order valence-corrected chi connectivity index (χ2v) is 6.74. The third-order valence-corrected chi connectivity index (χ3v) is 5.25. The summed E-state index contributed by atoms with van der Waals surface area (Å²) in [4.78, 5) is 0. The highest BCUT2D eigenvalue weighted by molar-refractivity contribution is 6.30. The van der Waals surface area contributed by atoms with E-state index in [1.165, 1.54) is 35.1 Å². The normalized spacial score (nSPS) is 21.0. The molecule has 2 heteroatoms. The van der Waals surface area contributed by atoms with Crippen molar-refractivity contribution in [1.82, 2.24) is 5.32 Å². The predicted molar refractivity (Wildman–Crippen MR) is 94.3 cm³/mol. The van der Waals surface area contributed by atoms with E-state index in [-0.39, 0.29) is 0 Å². The zero-order valence-electron chi connectivity index (χ0n) is 12.6. The van der Waals surface area contributed by atoms with Gasteiger partial charge in [0.2, 0.25) is 0 Å². The van der Waals surface area contributed by atoms with Crippen molar-refractivity contribution in [2.75, 3.05) is 13.1 Å². The molecule has 0 spiro atoms. The van der Waals surface area contributed by atoms with Crippen molar-refractivity contribution >= 4 is 23.8 Å². The number of fused-ring (bicyclic) bond motifs is 2. The Morgan fingerprint density at radius 3 is 2.45 bits per heavy atom. The maximum absolute atomic E-state index is 6.23. The lowest BCUT2D eigenvalue weighted by molar-refractivity contribution is 0.342. The Morgan fingerprint density at radius 2 is 1.59 bits per heavy atom. The summed E-state index contributed by atoms with van der Waals surface area (Å²) >= 11 is 6.23. The first kappa shape index (κ1) is 14.0. The van der Waals surface area contributed by atoms with Crippen molar-refractivity contribution in [1.29, 1.82) is 0 Å². The van der Waals surface area contributed by atoms with Crippen LogP contribution in [-0.2, 0) is 0 Å². The average Bonchev–Trinajstić information content (AvgIpc) is 2.72. The molecule has 0 bridgehead atoms. The third-order valence-electron chi connectivity index (χ3n) is 5.01. The molecule has 0 radical (unpaired) electrons. The minimum Gasteiger partial charge on any atom is -0.317 e. The summed E-state index contributed by atoms with van der Waals surface area (Å²) in [5, 5.41) is 4.31. The van der Waals surface area contributed by atoms with Gasteiger partial charge in [0.25, 0.3) is 0 Å². The Kier molecular flexibility index (Phi) is 3.77. The lowest BCUT2D eigenvalue weighted by Crippen LogP contribution is -2.31. The van der Waals surface area contributed by atoms with Crippen molar-refractivity contribution in [3.05, 3.63) is 69.7 Å². The molecule has 2 aliphatic rings. The summed E-state index contributed by atoms with van der Waals surface area (Å²) in [5.74, 6) is 1.17. The molecule has 1 aliphatic heterocycles. The van der Waals surface area contributed by atoms with E-state index in [0.29, 0.717) is 11.8 Å². The smallest absolute Gasteiger partial charge is 0.0412 e. The number of nitrogens with one attached hydrogen (secondary N) is 1. The zero-order valence-corrected chi connectivity index (χ0v) is 13.3. The molecule has 1 aliphatic carbocycles. The molecule has 0 saturated carbocycles. The highest BCUT2D eigenvalue weighted by Gasteiger charge is 2.30. The van der Waals surface area contributed by atoms with Gasteiger partial charge in [0.15, 0.2) is 0 Å². The van der Waals surface area contributed by atoms with Crippen LogP contribution >= 0.6 is 11.6 Å². The van der Waals surface area contributed by atoms with E-state index >= 15 is 0 Å². The first-order valence-corrected chi connectivity index (χ1v) is 8.48. The second kappa shape index (κ2) is 5.91. The summed E-state index contributed by atoms with van der Waals surface area (Å²) in [6.07, 6.45) is 6.94. The highest BCUT2D eigenvalue weighted by Crippen LogP contribution is 2.42. The Hall–Kier alpha value is -1.57. The summed E-state index contributed by atoms with van der Waals surface area (Å²) < 4.78 is 0. The van der Waals surface area contributed by atoms with Gasteiger partial charge >= 0.3 is 0 Å². The molecule has 1 fully saturated rings. The number of piperidine rings is 1. The Balaban J connectivity index is 1.89. The van der Waals surface area contributed by atoms with Crippen LogP contribution in [0.15, 0.2) is 42.5 Å². The van der Waals surface area contributed by atoms with Crippen molar-refractivity contribution in [3.8, 4) is 0 Å². The molecule has 22 heavy (non-hydrogen) atoms. The van der Waals surface area contributed by atoms with Crippen LogP contribution in [0, 0.1) is 5.92 Å². The van der Waals surface area contributed by atoms with Crippen LogP contribution in [0.4, 0.5) is 0 Å². The van der Waals surface area contributed by atoms with Gasteiger partial charge in [-0.05, 0) is 66.2 Å². The molecule has 0 aromatic heterocycles. The molecule has 1 heterocycles. The summed E-state index contributed by atoms with van der Waals surface area (Å²) in [6, 6.07) is 15.2. The van der Waals surface area contributed by atoms with Gasteiger partial charge in [0.1, 0.15) is 0 Å². The van der Waals surface area contributed by atoms with Crippen LogP contribution in [0.1, 0.15) is 41.0 Å². The Morgan fingerprint density at radius 1 is 0.864 bits per heavy atom. The number of hydrogen-bond donors (Lipinski definition) is 1. The first-order chi connectivity index (χ1) is 10.8. The maximum Gasteiger partial charge on any atom is 0.0412 e. The van der Waals surface area contributed by atoms with Crippen LogP contribution in [-0.4, -0.2) is 13.1 Å². The quantitative estimate of drug-likeness (QED) is 0.785. The molecule has 1 saturated heterocycles. The fourth-order valence-electron chi connectivity index (χ4n) is 3.95. The largest absolute Gasteiger partial charge is 0.317 e. The molecule has 1 atom stereocenters. The highest BCUT2D eigenvalue weighted by atomic mass is 35.5. The van der Waals surface area contributed by atoms with E-state index in [9.17, 15) is 0 Å². The lowest BCUT2D eigenvalue weighted by atomic mass is 9.75. The Labute approximate surface area is 137 Å². The molecule has 112 valence electrons. The molecule has 2 aromatic carbocycles. The fraction of sp³-hybridized carbons (Fsp3) is 0.300. The van der Waals surface area contributed by atoms with Gasteiger partial charge in [0.05, 0.1) is 0 Å². The van der Waals surface area contributed by atoms with E-state index in [1.807, 2.05) is 6.07 Å². The summed E-state index contributed by atoms with van der Waals surface area (Å²) in [5.41, 5.74) is 5.51. The first-order valence-electron chi connectivity index (χ1n) is 8.10. The van der Waals surface area contributed by atoms with Gasteiger partial charge in [-0.1, -0.05) is 54.1 Å². The third kappa shape index (κ3) is 2.49. The molecular weight excluding hydrogens is 290 g/mol. The lowest BCUT2D eigenvalue weighted by Gasteiger charge is -2.32. The monoisotopic (exact) mass is 309 g/mol. The summed E-state index contributed by atoms with van der Waals surface area (Å²) in [7, 11) is 0. The minimum absolute atomic E-state index is 0.473.